The van der Waals surface area contributed by atoms with Crippen LogP contribution in [0.1, 0.15) is 19.4 Å². The Morgan fingerprint density at radius 1 is 1.11 bits per heavy atom. The van der Waals surface area contributed by atoms with E-state index >= 15 is 0 Å². The predicted molar refractivity (Wildman–Crippen MR) is 68.1 cm³/mol. The van der Waals surface area contributed by atoms with Gasteiger partial charge in [-0.2, -0.15) is 0 Å². The third-order valence-electron chi connectivity index (χ3n) is 2.05. The lowest BCUT2D eigenvalue weighted by Crippen LogP contribution is -2.11. The van der Waals surface area contributed by atoms with E-state index in [1.807, 2.05) is 6.92 Å². The third-order valence-corrected chi connectivity index (χ3v) is 3.78. The number of rotatable bonds is 6. The van der Waals surface area contributed by atoms with E-state index in [4.69, 9.17) is 13.8 Å². The van der Waals surface area contributed by atoms with Crippen LogP contribution < -0.4 is 4.74 Å². The van der Waals surface area contributed by atoms with Crippen LogP contribution in [0.15, 0.2) is 24.3 Å². The summed E-state index contributed by atoms with van der Waals surface area (Å²) in [7, 11) is -3.85. The molecule has 0 heterocycles. The number of aryl methyl sites for hydroxylation is 1. The molecule has 18 heavy (non-hydrogen) atoms. The average Bonchev–Trinajstić information content (AvgIpc) is 2.32. The maximum absolute atomic E-state index is 12.1. The molecule has 6 heteroatoms. The van der Waals surface area contributed by atoms with E-state index in [0.29, 0.717) is 5.75 Å². The molecule has 0 atom stereocenters. The minimum atomic E-state index is -3.85. The van der Waals surface area contributed by atoms with Gasteiger partial charge in [0.15, 0.2) is 0 Å². The summed E-state index contributed by atoms with van der Waals surface area (Å²) in [6, 6.07) is 6.81. The zero-order valence-corrected chi connectivity index (χ0v) is 11.6. The van der Waals surface area contributed by atoms with E-state index in [9.17, 15) is 9.36 Å². The zero-order chi connectivity index (χ0) is 13.6. The first-order valence-corrected chi connectivity index (χ1v) is 7.24. The lowest BCUT2D eigenvalue weighted by molar-refractivity contribution is 0.185. The molecule has 0 bridgehead atoms. The fourth-order valence-electron chi connectivity index (χ4n) is 1.25. The second-order valence-corrected chi connectivity index (χ2v) is 5.39. The van der Waals surface area contributed by atoms with Crippen LogP contribution in [0, 0.1) is 6.92 Å². The van der Waals surface area contributed by atoms with Crippen LogP contribution in [0.2, 0.25) is 0 Å². The van der Waals surface area contributed by atoms with Gasteiger partial charge in [-0.1, -0.05) is 17.7 Å². The SMILES string of the molecule is CCOP(=O)(OCC)C(=O)Oc1ccc(C)cc1. The number of benzene rings is 1. The third kappa shape index (κ3) is 3.95. The van der Waals surface area contributed by atoms with E-state index in [1.165, 1.54) is 0 Å². The second-order valence-electron chi connectivity index (χ2n) is 3.51. The summed E-state index contributed by atoms with van der Waals surface area (Å²) in [5.74, 6) is 0.310. The molecule has 0 N–H and O–H groups in total. The number of hydrogen-bond donors (Lipinski definition) is 0. The van der Waals surface area contributed by atoms with E-state index < -0.39 is 13.3 Å². The summed E-state index contributed by atoms with van der Waals surface area (Å²) in [6.07, 6.45) is 0. The van der Waals surface area contributed by atoms with Crippen molar-refractivity contribution in [2.75, 3.05) is 13.2 Å². The van der Waals surface area contributed by atoms with Crippen molar-refractivity contribution in [3.63, 3.8) is 0 Å². The van der Waals surface area contributed by atoms with Gasteiger partial charge in [0.2, 0.25) is 0 Å². The molecule has 0 aliphatic rings. The largest absolute Gasteiger partial charge is 0.438 e. The number of ether oxygens (including phenoxy) is 1. The Kier molecular flexibility index (Phi) is 5.54. The Hall–Kier alpha value is -1.16. The smallest absolute Gasteiger partial charge is 0.417 e. The molecule has 0 aromatic heterocycles. The van der Waals surface area contributed by atoms with Gasteiger partial charge in [-0.25, -0.2) is 9.36 Å². The van der Waals surface area contributed by atoms with Crippen molar-refractivity contribution in [3.8, 4) is 5.75 Å². The van der Waals surface area contributed by atoms with Crippen molar-refractivity contribution in [1.82, 2.24) is 0 Å². The summed E-state index contributed by atoms with van der Waals surface area (Å²) in [6.45, 7) is 5.40. The number of carbonyl (C=O) groups excluding carboxylic acids is 1. The van der Waals surface area contributed by atoms with Gasteiger partial charge in [0.25, 0.3) is 0 Å². The molecule has 0 aliphatic heterocycles. The molecule has 0 aliphatic carbocycles. The Labute approximate surface area is 107 Å². The number of hydrogen-bond acceptors (Lipinski definition) is 5. The van der Waals surface area contributed by atoms with Gasteiger partial charge in [0.05, 0.1) is 13.2 Å². The quantitative estimate of drug-likeness (QED) is 0.738. The highest BCUT2D eigenvalue weighted by Gasteiger charge is 2.36. The molecule has 1 aromatic rings. The Morgan fingerprint density at radius 2 is 1.61 bits per heavy atom. The molecule has 0 saturated carbocycles. The van der Waals surface area contributed by atoms with Crippen LogP contribution in [-0.2, 0) is 13.6 Å². The second kappa shape index (κ2) is 6.69. The van der Waals surface area contributed by atoms with Crippen molar-refractivity contribution in [1.29, 1.82) is 0 Å². The van der Waals surface area contributed by atoms with Crippen molar-refractivity contribution in [2.24, 2.45) is 0 Å². The highest BCUT2D eigenvalue weighted by molar-refractivity contribution is 7.71. The highest BCUT2D eigenvalue weighted by Crippen LogP contribution is 2.49. The van der Waals surface area contributed by atoms with Crippen LogP contribution in [0.3, 0.4) is 0 Å². The van der Waals surface area contributed by atoms with Gasteiger partial charge in [0, 0.05) is 0 Å². The first-order valence-electron chi connectivity index (χ1n) is 5.70. The molecule has 100 valence electrons. The highest BCUT2D eigenvalue weighted by atomic mass is 31.2. The van der Waals surface area contributed by atoms with Crippen LogP contribution in [0.5, 0.6) is 5.75 Å². The first kappa shape index (κ1) is 14.9. The molecule has 1 rings (SSSR count). The van der Waals surface area contributed by atoms with Crippen LogP contribution in [0.25, 0.3) is 0 Å². The van der Waals surface area contributed by atoms with Gasteiger partial charge >= 0.3 is 13.3 Å². The molecule has 5 nitrogen and oxygen atoms in total. The minimum Gasteiger partial charge on any atom is -0.417 e. The standard InChI is InChI=1S/C12H17O5P/c1-4-15-18(14,16-5-2)12(13)17-11-8-6-10(3)7-9-11/h6-9H,4-5H2,1-3H3. The number of carbonyl (C=O) groups is 1. The molecule has 0 radical (unpaired) electrons. The molecular weight excluding hydrogens is 255 g/mol. The maximum atomic E-state index is 12.1. The first-order chi connectivity index (χ1) is 8.51. The summed E-state index contributed by atoms with van der Waals surface area (Å²) < 4.78 is 26.8. The minimum absolute atomic E-state index is 0.111. The molecule has 0 fully saturated rings. The fourth-order valence-corrected chi connectivity index (χ4v) is 2.43. The van der Waals surface area contributed by atoms with Crippen molar-refractivity contribution in [2.45, 2.75) is 20.8 Å². The average molecular weight is 272 g/mol. The summed E-state index contributed by atoms with van der Waals surface area (Å²) in [5.41, 5.74) is 0.0441. The Morgan fingerprint density at radius 3 is 2.06 bits per heavy atom. The molecule has 1 aromatic carbocycles. The predicted octanol–water partition coefficient (Wildman–Crippen LogP) is 3.76. The summed E-state index contributed by atoms with van der Waals surface area (Å²) in [5, 5.41) is 0. The topological polar surface area (TPSA) is 61.8 Å². The zero-order valence-electron chi connectivity index (χ0n) is 10.7. The molecule has 0 spiro atoms. The van der Waals surface area contributed by atoms with E-state index in [-0.39, 0.29) is 13.2 Å². The maximum Gasteiger partial charge on any atom is 0.438 e. The van der Waals surface area contributed by atoms with Crippen LogP contribution in [-0.4, -0.2) is 18.9 Å². The lowest BCUT2D eigenvalue weighted by Gasteiger charge is -2.15. The van der Waals surface area contributed by atoms with E-state index in [1.54, 1.807) is 38.1 Å². The van der Waals surface area contributed by atoms with Gasteiger partial charge in [0.1, 0.15) is 5.75 Å². The van der Waals surface area contributed by atoms with Crippen molar-refractivity contribution < 1.29 is 23.1 Å². The molecule has 0 unspecified atom stereocenters. The molecule has 0 saturated heterocycles. The molecule has 0 amide bonds. The van der Waals surface area contributed by atoms with Gasteiger partial charge < -0.3 is 13.8 Å². The Bertz CT molecular complexity index is 430. The summed E-state index contributed by atoms with van der Waals surface area (Å²) in [4.78, 5) is 11.8. The van der Waals surface area contributed by atoms with Gasteiger partial charge in [-0.15, -0.1) is 0 Å². The van der Waals surface area contributed by atoms with Gasteiger partial charge in [-0.05, 0) is 32.9 Å². The van der Waals surface area contributed by atoms with Crippen molar-refractivity contribution in [3.05, 3.63) is 29.8 Å². The normalized spacial score (nSPS) is 11.3. The fraction of sp³-hybridized carbons (Fsp3) is 0.417. The van der Waals surface area contributed by atoms with Gasteiger partial charge in [-0.3, -0.25) is 0 Å². The van der Waals surface area contributed by atoms with Crippen LogP contribution >= 0.6 is 7.60 Å². The van der Waals surface area contributed by atoms with E-state index in [2.05, 4.69) is 0 Å². The molecular formula is C12H17O5P. The summed E-state index contributed by atoms with van der Waals surface area (Å²) >= 11 is 0. The van der Waals surface area contributed by atoms with Crippen molar-refractivity contribution >= 4 is 13.3 Å². The van der Waals surface area contributed by atoms with E-state index in [0.717, 1.165) is 5.56 Å². The van der Waals surface area contributed by atoms with Crippen LogP contribution in [0.4, 0.5) is 4.79 Å². The monoisotopic (exact) mass is 272 g/mol. The Balaban J connectivity index is 2.78. The lowest BCUT2D eigenvalue weighted by atomic mass is 10.2.